The van der Waals surface area contributed by atoms with Crippen LogP contribution in [0, 0.1) is 0 Å². The minimum absolute atomic E-state index is 0.668. The maximum atomic E-state index is 5.81. The molecule has 0 amide bonds. The van der Waals surface area contributed by atoms with Crippen molar-refractivity contribution < 1.29 is 0 Å². The third-order valence-corrected chi connectivity index (χ3v) is 1.92. The molecule has 0 radical (unpaired) electrons. The van der Waals surface area contributed by atoms with Gasteiger partial charge in [0, 0.05) is 5.02 Å². The summed E-state index contributed by atoms with van der Waals surface area (Å²) in [6, 6.07) is 5.41. The van der Waals surface area contributed by atoms with Crippen LogP contribution >= 0.6 is 11.6 Å². The van der Waals surface area contributed by atoms with E-state index in [0.717, 1.165) is 16.7 Å². The molecule has 0 saturated carbocycles. The molecule has 3 nitrogen and oxygen atoms in total. The zero-order chi connectivity index (χ0) is 9.42. The van der Waals surface area contributed by atoms with Gasteiger partial charge in [-0.15, -0.1) is 10.2 Å². The molecule has 2 rings (SSSR count). The third kappa shape index (κ3) is 1.42. The topological polar surface area (TPSA) is 30.7 Å². The summed E-state index contributed by atoms with van der Waals surface area (Å²) in [6.07, 6.45) is 0. The van der Waals surface area contributed by atoms with Crippen molar-refractivity contribution >= 4 is 28.3 Å². The average Bonchev–Trinajstić information content (AvgIpc) is 2.46. The molecule has 0 N–H and O–H groups in total. The Bertz CT molecular complexity index is 473. The van der Waals surface area contributed by atoms with Gasteiger partial charge in [-0.3, -0.25) is 0 Å². The Morgan fingerprint density at radius 2 is 2.08 bits per heavy atom. The molecule has 1 aromatic carbocycles. The van der Waals surface area contributed by atoms with E-state index in [0.29, 0.717) is 5.02 Å². The lowest BCUT2D eigenvalue weighted by Crippen LogP contribution is -1.95. The molecule has 0 aliphatic carbocycles. The van der Waals surface area contributed by atoms with Crippen LogP contribution in [0.1, 0.15) is 6.92 Å². The van der Waals surface area contributed by atoms with Crippen molar-refractivity contribution in [3.8, 4) is 0 Å². The van der Waals surface area contributed by atoms with Crippen LogP contribution in [-0.2, 0) is 0 Å². The quantitative estimate of drug-likeness (QED) is 0.697. The summed E-state index contributed by atoms with van der Waals surface area (Å²) in [5.41, 5.74) is 2.40. The number of allylic oxidation sites excluding steroid dienone is 1. The molecule has 0 spiro atoms. The molecule has 0 fully saturated rings. The monoisotopic (exact) mass is 193 g/mol. The molecule has 4 heteroatoms. The second-order valence-electron chi connectivity index (χ2n) is 2.86. The van der Waals surface area contributed by atoms with Gasteiger partial charge in [0.2, 0.25) is 0 Å². The minimum Gasteiger partial charge on any atom is -0.156 e. The van der Waals surface area contributed by atoms with Gasteiger partial charge in [0.1, 0.15) is 11.0 Å². The van der Waals surface area contributed by atoms with Crippen molar-refractivity contribution in [3.63, 3.8) is 0 Å². The predicted octanol–water partition coefficient (Wildman–Crippen LogP) is 2.58. The smallest absolute Gasteiger partial charge is 0.115 e. The zero-order valence-electron chi connectivity index (χ0n) is 7.16. The van der Waals surface area contributed by atoms with Gasteiger partial charge in [-0.2, -0.15) is 4.80 Å². The van der Waals surface area contributed by atoms with Gasteiger partial charge in [-0.1, -0.05) is 18.2 Å². The van der Waals surface area contributed by atoms with Gasteiger partial charge in [-0.05, 0) is 25.1 Å². The first-order valence-electron chi connectivity index (χ1n) is 3.85. The lowest BCUT2D eigenvalue weighted by molar-refractivity contribution is 0.781. The van der Waals surface area contributed by atoms with Crippen molar-refractivity contribution in [1.82, 2.24) is 15.0 Å². The number of aromatic nitrogens is 3. The Morgan fingerprint density at radius 3 is 2.77 bits per heavy atom. The Hall–Kier alpha value is -1.35. The van der Waals surface area contributed by atoms with E-state index in [1.807, 2.05) is 13.0 Å². The largest absolute Gasteiger partial charge is 0.156 e. The van der Waals surface area contributed by atoms with Crippen LogP contribution in [0.15, 0.2) is 24.8 Å². The summed E-state index contributed by atoms with van der Waals surface area (Å²) < 4.78 is 0. The molecule has 1 heterocycles. The Balaban J connectivity index is 2.68. The SMILES string of the molecule is C=C(C)n1nc2ccc(Cl)cc2n1. The molecule has 1 aromatic heterocycles. The molecule has 0 atom stereocenters. The van der Waals surface area contributed by atoms with Crippen molar-refractivity contribution in [2.24, 2.45) is 0 Å². The van der Waals surface area contributed by atoms with Crippen LogP contribution in [0.4, 0.5) is 0 Å². The van der Waals surface area contributed by atoms with E-state index in [1.54, 1.807) is 12.1 Å². The van der Waals surface area contributed by atoms with Crippen molar-refractivity contribution in [2.45, 2.75) is 6.92 Å². The average molecular weight is 194 g/mol. The van der Waals surface area contributed by atoms with E-state index >= 15 is 0 Å². The maximum absolute atomic E-state index is 5.81. The van der Waals surface area contributed by atoms with Crippen LogP contribution in [0.2, 0.25) is 5.02 Å². The Kier molecular flexibility index (Phi) is 1.81. The van der Waals surface area contributed by atoms with Gasteiger partial charge in [-0.25, -0.2) is 0 Å². The summed E-state index contributed by atoms with van der Waals surface area (Å²) in [5, 5.41) is 9.06. The molecule has 0 unspecified atom stereocenters. The highest BCUT2D eigenvalue weighted by Crippen LogP contribution is 2.16. The van der Waals surface area contributed by atoms with Crippen LogP contribution in [0.3, 0.4) is 0 Å². The summed E-state index contributed by atoms with van der Waals surface area (Å²) in [5.74, 6) is 0. The lowest BCUT2D eigenvalue weighted by Gasteiger charge is -1.91. The van der Waals surface area contributed by atoms with Crippen molar-refractivity contribution in [3.05, 3.63) is 29.8 Å². The first kappa shape index (κ1) is 8.26. The standard InChI is InChI=1S/C9H8ClN3/c1-6(2)13-11-8-4-3-7(10)5-9(8)12-13/h3-5H,1H2,2H3. The van der Waals surface area contributed by atoms with E-state index in [4.69, 9.17) is 11.6 Å². The van der Waals surface area contributed by atoms with E-state index in [-0.39, 0.29) is 0 Å². The van der Waals surface area contributed by atoms with Crippen LogP contribution in [0.5, 0.6) is 0 Å². The molecule has 0 aliphatic rings. The minimum atomic E-state index is 0.668. The van der Waals surface area contributed by atoms with Gasteiger partial charge in [0.05, 0.1) is 5.70 Å². The van der Waals surface area contributed by atoms with E-state index in [1.165, 1.54) is 4.80 Å². The first-order chi connectivity index (χ1) is 6.16. The second kappa shape index (κ2) is 2.85. The second-order valence-corrected chi connectivity index (χ2v) is 3.29. The number of hydrogen-bond acceptors (Lipinski definition) is 2. The number of rotatable bonds is 1. The fraction of sp³-hybridized carbons (Fsp3) is 0.111. The fourth-order valence-electron chi connectivity index (χ4n) is 1.06. The van der Waals surface area contributed by atoms with Gasteiger partial charge in [0.15, 0.2) is 0 Å². The van der Waals surface area contributed by atoms with Crippen molar-refractivity contribution in [1.29, 1.82) is 0 Å². The first-order valence-corrected chi connectivity index (χ1v) is 4.23. The van der Waals surface area contributed by atoms with Crippen LogP contribution in [-0.4, -0.2) is 15.0 Å². The van der Waals surface area contributed by atoms with Gasteiger partial charge < -0.3 is 0 Å². The number of nitrogens with zero attached hydrogens (tertiary/aromatic N) is 3. The summed E-state index contributed by atoms with van der Waals surface area (Å²) in [4.78, 5) is 1.50. The lowest BCUT2D eigenvalue weighted by atomic mass is 10.3. The molecular weight excluding hydrogens is 186 g/mol. The molecule has 13 heavy (non-hydrogen) atoms. The highest BCUT2D eigenvalue weighted by Gasteiger charge is 2.02. The summed E-state index contributed by atoms with van der Waals surface area (Å²) >= 11 is 5.81. The van der Waals surface area contributed by atoms with Crippen LogP contribution < -0.4 is 0 Å². The Labute approximate surface area is 80.6 Å². The van der Waals surface area contributed by atoms with Gasteiger partial charge in [0.25, 0.3) is 0 Å². The number of halogens is 1. The molecule has 2 aromatic rings. The number of benzene rings is 1. The highest BCUT2D eigenvalue weighted by atomic mass is 35.5. The van der Waals surface area contributed by atoms with E-state index in [2.05, 4.69) is 16.8 Å². The summed E-state index contributed by atoms with van der Waals surface area (Å²) in [7, 11) is 0. The molecule has 0 aliphatic heterocycles. The third-order valence-electron chi connectivity index (χ3n) is 1.68. The molecule has 0 bridgehead atoms. The van der Waals surface area contributed by atoms with Gasteiger partial charge >= 0.3 is 0 Å². The maximum Gasteiger partial charge on any atom is 0.115 e. The predicted molar refractivity (Wildman–Crippen MR) is 53.5 cm³/mol. The number of fused-ring (bicyclic) bond motifs is 1. The number of hydrogen-bond donors (Lipinski definition) is 0. The van der Waals surface area contributed by atoms with E-state index < -0.39 is 0 Å². The molecule has 0 saturated heterocycles. The highest BCUT2D eigenvalue weighted by molar-refractivity contribution is 6.31. The molecular formula is C9H8ClN3. The van der Waals surface area contributed by atoms with E-state index in [9.17, 15) is 0 Å². The Morgan fingerprint density at radius 1 is 1.38 bits per heavy atom. The zero-order valence-corrected chi connectivity index (χ0v) is 7.91. The van der Waals surface area contributed by atoms with Crippen LogP contribution in [0.25, 0.3) is 16.7 Å². The normalized spacial score (nSPS) is 10.6. The van der Waals surface area contributed by atoms with Crippen molar-refractivity contribution in [2.75, 3.05) is 0 Å². The summed E-state index contributed by atoms with van der Waals surface area (Å²) in [6.45, 7) is 5.60. The molecule has 66 valence electrons. The fourth-order valence-corrected chi connectivity index (χ4v) is 1.22.